The highest BCUT2D eigenvalue weighted by Crippen LogP contribution is 2.17. The summed E-state index contributed by atoms with van der Waals surface area (Å²) in [5.74, 6) is -0.639. The fourth-order valence-electron chi connectivity index (χ4n) is 2.66. The van der Waals surface area contributed by atoms with Crippen LogP contribution in [0.3, 0.4) is 0 Å². The number of carbonyl (C=O) groups is 2. The maximum atomic E-state index is 12.3. The lowest BCUT2D eigenvalue weighted by Crippen LogP contribution is -2.21. The number of nitrogens with one attached hydrogen (secondary N) is 2. The zero-order valence-electron chi connectivity index (χ0n) is 23.8. The van der Waals surface area contributed by atoms with Crippen LogP contribution in [0, 0.1) is 5.41 Å². The minimum absolute atomic E-state index is 0.0691. The molecule has 6 N–H and O–H groups in total. The molecule has 0 saturated carbocycles. The molecule has 1 rings (SSSR count). The predicted octanol–water partition coefficient (Wildman–Crippen LogP) is 7.47. The third-order valence-electron chi connectivity index (χ3n) is 4.35. The van der Waals surface area contributed by atoms with Gasteiger partial charge in [0.15, 0.2) is 0 Å². The topological polar surface area (TPSA) is 122 Å². The zero-order chi connectivity index (χ0) is 28.5. The van der Waals surface area contributed by atoms with Gasteiger partial charge in [0.25, 0.3) is 0 Å². The number of benzene rings is 1. The highest BCUT2D eigenvalue weighted by atomic mass is 16.1. The van der Waals surface area contributed by atoms with Crippen molar-refractivity contribution in [2.75, 3.05) is 5.73 Å². The largest absolute Gasteiger partial charge is 0.398 e. The van der Waals surface area contributed by atoms with Crippen molar-refractivity contribution in [3.63, 3.8) is 0 Å². The molecule has 0 aliphatic carbocycles. The van der Waals surface area contributed by atoms with Gasteiger partial charge in [0.2, 0.25) is 11.8 Å². The van der Waals surface area contributed by atoms with Gasteiger partial charge in [-0.1, -0.05) is 70.9 Å². The van der Waals surface area contributed by atoms with E-state index < -0.39 is 5.91 Å². The van der Waals surface area contributed by atoms with Crippen molar-refractivity contribution in [3.8, 4) is 0 Å². The molecule has 6 heteroatoms. The minimum Gasteiger partial charge on any atom is -0.398 e. The molecule has 0 fully saturated rings. The normalized spacial score (nSPS) is 10.6. The molecule has 0 aromatic heterocycles. The van der Waals surface area contributed by atoms with Gasteiger partial charge in [-0.15, -0.1) is 6.58 Å². The summed E-state index contributed by atoms with van der Waals surface area (Å²) >= 11 is 0. The van der Waals surface area contributed by atoms with Gasteiger partial charge in [0.1, 0.15) is 0 Å². The van der Waals surface area contributed by atoms with E-state index in [1.807, 2.05) is 54.5 Å². The Morgan fingerprint density at radius 3 is 2.17 bits per heavy atom. The number of hydrogen-bond acceptors (Lipinski definition) is 4. The third-order valence-corrected chi connectivity index (χ3v) is 4.35. The second-order valence-corrected chi connectivity index (χ2v) is 7.30. The maximum absolute atomic E-state index is 12.3. The van der Waals surface area contributed by atoms with Gasteiger partial charge < -0.3 is 22.2 Å². The number of allylic oxidation sites excluding steroid dienone is 6. The number of unbranched alkanes of at least 4 members (excludes halogenated alkanes) is 1. The lowest BCUT2D eigenvalue weighted by molar-refractivity contribution is -0.120. The Kier molecular flexibility index (Phi) is 25.5. The van der Waals surface area contributed by atoms with Crippen LogP contribution in [0.5, 0.6) is 0 Å². The van der Waals surface area contributed by atoms with Crippen molar-refractivity contribution in [3.05, 3.63) is 77.6 Å². The van der Waals surface area contributed by atoms with Crippen LogP contribution in [-0.4, -0.2) is 17.5 Å². The molecule has 0 aliphatic heterocycles. The Bertz CT molecular complexity index is 881. The van der Waals surface area contributed by atoms with E-state index >= 15 is 0 Å². The molecular formula is C30H50N4O2. The third kappa shape index (κ3) is 18.0. The fraction of sp³-hybridized carbons (Fsp3) is 0.433. The molecule has 1 aromatic carbocycles. The van der Waals surface area contributed by atoms with E-state index in [9.17, 15) is 9.59 Å². The summed E-state index contributed by atoms with van der Waals surface area (Å²) in [6.07, 6.45) is 12.8. The Morgan fingerprint density at radius 2 is 1.67 bits per heavy atom. The van der Waals surface area contributed by atoms with E-state index in [2.05, 4.69) is 24.9 Å². The smallest absolute Gasteiger partial charge is 0.248 e. The molecular weight excluding hydrogens is 448 g/mol. The average molecular weight is 499 g/mol. The van der Waals surface area contributed by atoms with Crippen LogP contribution in [0.4, 0.5) is 5.69 Å². The minimum atomic E-state index is -0.570. The summed E-state index contributed by atoms with van der Waals surface area (Å²) in [7, 11) is 0. The van der Waals surface area contributed by atoms with Gasteiger partial charge in [0.05, 0.1) is 0 Å². The molecule has 1 aromatic rings. The molecule has 0 heterocycles. The molecule has 0 saturated heterocycles. The number of nitrogens with two attached hydrogens (primary N) is 2. The van der Waals surface area contributed by atoms with Crippen LogP contribution in [0.25, 0.3) is 0 Å². The first-order valence-corrected chi connectivity index (χ1v) is 12.8. The lowest BCUT2D eigenvalue weighted by atomic mass is 10.0. The van der Waals surface area contributed by atoms with E-state index in [0.29, 0.717) is 28.9 Å². The summed E-state index contributed by atoms with van der Waals surface area (Å²) in [5.41, 5.74) is 14.5. The molecule has 6 nitrogen and oxygen atoms in total. The van der Waals surface area contributed by atoms with Gasteiger partial charge in [-0.25, -0.2) is 0 Å². The summed E-state index contributed by atoms with van der Waals surface area (Å²) in [6.45, 7) is 19.3. The predicted molar refractivity (Wildman–Crippen MR) is 158 cm³/mol. The van der Waals surface area contributed by atoms with Gasteiger partial charge in [-0.05, 0) is 57.9 Å². The molecule has 0 aliphatic rings. The quantitative estimate of drug-likeness (QED) is 0.109. The van der Waals surface area contributed by atoms with E-state index in [1.54, 1.807) is 24.3 Å². The summed E-state index contributed by atoms with van der Waals surface area (Å²) in [6, 6.07) is 4.62. The number of nitrogen functional groups attached to an aromatic ring is 1. The second kappa shape index (κ2) is 24.7. The van der Waals surface area contributed by atoms with Crippen LogP contribution in [0.15, 0.2) is 66.4 Å². The van der Waals surface area contributed by atoms with Crippen LogP contribution in [0.1, 0.15) is 103 Å². The molecule has 0 radical (unpaired) electrons. The van der Waals surface area contributed by atoms with Gasteiger partial charge in [-0.3, -0.25) is 9.59 Å². The highest BCUT2D eigenvalue weighted by molar-refractivity contribution is 6.05. The van der Waals surface area contributed by atoms with Gasteiger partial charge >= 0.3 is 0 Å². The number of carbonyl (C=O) groups excluding carboxylic acids is 2. The number of rotatable bonds is 11. The van der Waals surface area contributed by atoms with Crippen LogP contribution < -0.4 is 16.8 Å². The lowest BCUT2D eigenvalue weighted by Gasteiger charge is -2.10. The fourth-order valence-corrected chi connectivity index (χ4v) is 2.66. The monoisotopic (exact) mass is 498 g/mol. The number of hydrogen-bond donors (Lipinski definition) is 4. The molecule has 0 bridgehead atoms. The number of amides is 2. The molecule has 0 spiro atoms. The first kappa shape index (κ1) is 37.1. The first-order chi connectivity index (χ1) is 17.2. The van der Waals surface area contributed by atoms with Crippen molar-refractivity contribution in [2.45, 2.75) is 87.5 Å². The summed E-state index contributed by atoms with van der Waals surface area (Å²) in [4.78, 5) is 23.6. The Hall–Kier alpha value is -3.41. The maximum Gasteiger partial charge on any atom is 0.248 e. The molecule has 36 heavy (non-hydrogen) atoms. The summed E-state index contributed by atoms with van der Waals surface area (Å²) in [5, 5.41) is 11.2. The molecule has 202 valence electrons. The van der Waals surface area contributed by atoms with Crippen LogP contribution in [-0.2, 0) is 4.79 Å². The highest BCUT2D eigenvalue weighted by Gasteiger charge is 2.10. The Balaban J connectivity index is -0.00000141. The van der Waals surface area contributed by atoms with E-state index in [-0.39, 0.29) is 18.0 Å². The first-order valence-electron chi connectivity index (χ1n) is 12.8. The average Bonchev–Trinajstić information content (AvgIpc) is 2.87. The van der Waals surface area contributed by atoms with E-state index in [4.69, 9.17) is 16.9 Å². The number of primary amides is 1. The van der Waals surface area contributed by atoms with Crippen molar-refractivity contribution >= 4 is 23.2 Å². The van der Waals surface area contributed by atoms with Crippen molar-refractivity contribution in [1.29, 1.82) is 5.41 Å². The number of anilines is 1. The molecule has 2 amide bonds. The van der Waals surface area contributed by atoms with Gasteiger partial charge in [-0.2, -0.15) is 0 Å². The molecule has 0 atom stereocenters. The Labute approximate surface area is 220 Å². The van der Waals surface area contributed by atoms with Crippen molar-refractivity contribution in [1.82, 2.24) is 5.32 Å². The van der Waals surface area contributed by atoms with E-state index in [1.165, 1.54) is 17.7 Å². The zero-order valence-corrected chi connectivity index (χ0v) is 23.8. The van der Waals surface area contributed by atoms with E-state index in [0.717, 1.165) is 19.3 Å². The SMILES string of the molecule is C/C=C\C(=C/CC(=N)c1cc(C(N)=O)ccc1N)NC(=O)CC/C(C)=C/CCC.C=CC.CC.CC. The summed E-state index contributed by atoms with van der Waals surface area (Å²) < 4.78 is 0. The molecule has 0 unspecified atom stereocenters. The van der Waals surface area contributed by atoms with Crippen molar-refractivity contribution < 1.29 is 9.59 Å². The Morgan fingerprint density at radius 1 is 1.08 bits per heavy atom. The standard InChI is InChI=1S/C23H32N4O2.C3H6.2C2H6/c1-4-6-8-16(3)9-14-22(28)27-18(7-5-2)11-13-21(25)19-15-17(23(26)29)10-12-20(19)24;1-3-2;2*1-2/h5,7-8,10-12,15,25H,4,6,9,13-14,24H2,1-3H3,(H2,26,29)(H,27,28);3H,1H2,2H3;2*1-2H3/b7-5-,16-8+,18-11+,25-21?;;;. The second-order valence-electron chi connectivity index (χ2n) is 7.30. The van der Waals surface area contributed by atoms with Gasteiger partial charge in [0, 0.05) is 41.1 Å². The van der Waals surface area contributed by atoms with Crippen molar-refractivity contribution in [2.24, 2.45) is 5.73 Å². The van der Waals surface area contributed by atoms with Crippen LogP contribution >= 0.6 is 0 Å². The van der Waals surface area contributed by atoms with Crippen LogP contribution in [0.2, 0.25) is 0 Å².